The van der Waals surface area contributed by atoms with Crippen LogP contribution in [-0.2, 0) is 11.2 Å². The number of likely N-dealkylation sites (tertiary alicyclic amines) is 1. The number of benzene rings is 1. The molecule has 7 nitrogen and oxygen atoms in total. The number of piperidine rings is 1. The van der Waals surface area contributed by atoms with Crippen LogP contribution >= 0.6 is 0 Å². The predicted molar refractivity (Wildman–Crippen MR) is 133 cm³/mol. The fraction of sp³-hybridized carbons (Fsp3) is 0.444. The van der Waals surface area contributed by atoms with Crippen molar-refractivity contribution in [1.29, 1.82) is 0 Å². The Balaban J connectivity index is 1.67. The molecule has 3 aromatic rings. The highest BCUT2D eigenvalue weighted by atomic mass is 16.5. The summed E-state index contributed by atoms with van der Waals surface area (Å²) in [5.41, 5.74) is 3.61. The molecule has 3 heterocycles. The van der Waals surface area contributed by atoms with Crippen LogP contribution in [0.5, 0.6) is 5.75 Å². The van der Waals surface area contributed by atoms with E-state index in [4.69, 9.17) is 4.74 Å². The van der Waals surface area contributed by atoms with Gasteiger partial charge in [-0.05, 0) is 51.7 Å². The summed E-state index contributed by atoms with van der Waals surface area (Å²) in [4.78, 5) is 42.9. The van der Waals surface area contributed by atoms with Crippen LogP contribution in [0, 0.1) is 19.8 Å². The summed E-state index contributed by atoms with van der Waals surface area (Å²) in [7, 11) is 3.39. The Bertz CT molecular complexity index is 1300. The van der Waals surface area contributed by atoms with E-state index in [1.165, 1.54) is 7.11 Å². The number of carbonyl (C=O) groups excluding carboxylic acids is 2. The number of nitrogens with one attached hydrogen (secondary N) is 1. The van der Waals surface area contributed by atoms with Crippen molar-refractivity contribution in [2.24, 2.45) is 5.92 Å². The molecule has 0 radical (unpaired) electrons. The van der Waals surface area contributed by atoms with Crippen LogP contribution in [0.25, 0.3) is 10.9 Å². The zero-order valence-corrected chi connectivity index (χ0v) is 20.6. The lowest BCUT2D eigenvalue weighted by Gasteiger charge is -2.34. The van der Waals surface area contributed by atoms with E-state index < -0.39 is 0 Å². The summed E-state index contributed by atoms with van der Waals surface area (Å²) < 4.78 is 7.62. The molecule has 1 amide bonds. The zero-order chi connectivity index (χ0) is 24.6. The molecule has 2 aromatic heterocycles. The number of amides is 1. The molecule has 1 aromatic carbocycles. The lowest BCUT2D eigenvalue weighted by Crippen LogP contribution is -2.38. The van der Waals surface area contributed by atoms with Crippen molar-refractivity contribution in [3.05, 3.63) is 63.2 Å². The SMILES string of the molecule is COc1cc(C)[nH]c(=O)c1CCC(=O)c1c(C)n(C(C)C2CCN(C)C(=O)C2)c2ccccc12. The third-order valence-corrected chi connectivity index (χ3v) is 7.27. The summed E-state index contributed by atoms with van der Waals surface area (Å²) in [5.74, 6) is 0.900. The molecule has 2 atom stereocenters. The van der Waals surface area contributed by atoms with Crippen LogP contribution in [0.1, 0.15) is 59.5 Å². The number of hydrogen-bond donors (Lipinski definition) is 1. The maximum Gasteiger partial charge on any atom is 0.255 e. The fourth-order valence-electron chi connectivity index (χ4n) is 5.33. The van der Waals surface area contributed by atoms with E-state index >= 15 is 0 Å². The first-order valence-electron chi connectivity index (χ1n) is 11.9. The van der Waals surface area contributed by atoms with Gasteiger partial charge in [-0.2, -0.15) is 0 Å². The van der Waals surface area contributed by atoms with E-state index in [2.05, 4.69) is 16.5 Å². The number of para-hydroxylation sites is 1. The number of H-pyrrole nitrogens is 1. The van der Waals surface area contributed by atoms with E-state index in [1.54, 1.807) is 17.9 Å². The van der Waals surface area contributed by atoms with Crippen molar-refractivity contribution in [1.82, 2.24) is 14.5 Å². The number of hydrogen-bond acceptors (Lipinski definition) is 4. The summed E-state index contributed by atoms with van der Waals surface area (Å²) in [6, 6.07) is 9.82. The first-order chi connectivity index (χ1) is 16.2. The molecule has 1 N–H and O–H groups in total. The average molecular weight is 464 g/mol. The number of methoxy groups -OCH3 is 1. The number of rotatable bonds is 7. The first-order valence-corrected chi connectivity index (χ1v) is 11.9. The predicted octanol–water partition coefficient (Wildman–Crippen LogP) is 4.20. The van der Waals surface area contributed by atoms with Crippen molar-refractivity contribution in [3.8, 4) is 5.75 Å². The van der Waals surface area contributed by atoms with Crippen LogP contribution in [0.3, 0.4) is 0 Å². The Hall–Kier alpha value is -3.35. The van der Waals surface area contributed by atoms with Crippen LogP contribution in [-0.4, -0.2) is 46.8 Å². The van der Waals surface area contributed by atoms with E-state index in [9.17, 15) is 14.4 Å². The Morgan fingerprint density at radius 2 is 1.97 bits per heavy atom. The topological polar surface area (TPSA) is 84.4 Å². The van der Waals surface area contributed by atoms with Gasteiger partial charge in [-0.15, -0.1) is 0 Å². The lowest BCUT2D eigenvalue weighted by molar-refractivity contribution is -0.134. The smallest absolute Gasteiger partial charge is 0.255 e. The molecule has 4 rings (SSSR count). The normalized spacial score (nSPS) is 17.3. The molecule has 0 bridgehead atoms. The molecule has 180 valence electrons. The second-order valence-electron chi connectivity index (χ2n) is 9.41. The number of ketones is 1. The zero-order valence-electron chi connectivity index (χ0n) is 20.6. The van der Waals surface area contributed by atoms with E-state index in [-0.39, 0.29) is 35.6 Å². The van der Waals surface area contributed by atoms with Gasteiger partial charge in [-0.3, -0.25) is 14.4 Å². The molecule has 1 aliphatic rings. The van der Waals surface area contributed by atoms with Crippen molar-refractivity contribution < 1.29 is 14.3 Å². The highest BCUT2D eigenvalue weighted by molar-refractivity contribution is 6.09. The second kappa shape index (κ2) is 9.49. The van der Waals surface area contributed by atoms with Gasteiger partial charge >= 0.3 is 0 Å². The molecule has 1 aliphatic heterocycles. The molecular weight excluding hydrogens is 430 g/mol. The number of ether oxygens (including phenoxy) is 1. The minimum Gasteiger partial charge on any atom is -0.496 e. The highest BCUT2D eigenvalue weighted by Gasteiger charge is 2.31. The van der Waals surface area contributed by atoms with Crippen molar-refractivity contribution in [2.75, 3.05) is 20.7 Å². The van der Waals surface area contributed by atoms with Crippen LogP contribution in [0.2, 0.25) is 0 Å². The lowest BCUT2D eigenvalue weighted by atomic mass is 9.89. The number of aromatic amines is 1. The van der Waals surface area contributed by atoms with Crippen LogP contribution in [0.15, 0.2) is 35.1 Å². The Morgan fingerprint density at radius 1 is 1.24 bits per heavy atom. The number of Topliss-reactive ketones (excluding diaryl/α,β-unsaturated/α-hetero) is 1. The monoisotopic (exact) mass is 463 g/mol. The van der Waals surface area contributed by atoms with Crippen LogP contribution in [0.4, 0.5) is 0 Å². The molecule has 1 saturated heterocycles. The minimum absolute atomic E-state index is 0.00105. The Kier molecular flexibility index (Phi) is 6.64. The van der Waals surface area contributed by atoms with Gasteiger partial charge < -0.3 is 19.2 Å². The molecule has 7 heteroatoms. The quantitative estimate of drug-likeness (QED) is 0.532. The van der Waals surface area contributed by atoms with E-state index in [0.29, 0.717) is 29.7 Å². The van der Waals surface area contributed by atoms with Gasteiger partial charge in [0.2, 0.25) is 5.91 Å². The summed E-state index contributed by atoms with van der Waals surface area (Å²) >= 11 is 0. The third kappa shape index (κ3) is 4.27. The first kappa shape index (κ1) is 23.8. The summed E-state index contributed by atoms with van der Waals surface area (Å²) in [6.45, 7) is 6.69. The molecular formula is C27H33N3O4. The van der Waals surface area contributed by atoms with E-state index in [1.807, 2.05) is 38.2 Å². The number of nitrogens with zero attached hydrogens (tertiary/aromatic N) is 2. The molecule has 2 unspecified atom stereocenters. The van der Waals surface area contributed by atoms with Crippen LogP contribution < -0.4 is 10.3 Å². The van der Waals surface area contributed by atoms with Gasteiger partial charge in [0, 0.05) is 60.3 Å². The maximum atomic E-state index is 13.5. The minimum atomic E-state index is -0.218. The van der Waals surface area contributed by atoms with Gasteiger partial charge in [0.25, 0.3) is 5.56 Å². The second-order valence-corrected chi connectivity index (χ2v) is 9.41. The van der Waals surface area contributed by atoms with Crippen molar-refractivity contribution >= 4 is 22.6 Å². The molecule has 1 fully saturated rings. The number of fused-ring (bicyclic) bond motifs is 1. The number of carbonyl (C=O) groups is 2. The fourth-order valence-corrected chi connectivity index (χ4v) is 5.33. The number of aromatic nitrogens is 2. The highest BCUT2D eigenvalue weighted by Crippen LogP contribution is 2.36. The Labute approximate surface area is 199 Å². The standard InChI is InChI=1S/C27H33N3O4/c1-16-14-24(34-5)21(27(33)28-16)10-11-23(31)26-18(3)30(22-9-7-6-8-20(22)26)17(2)19-12-13-29(4)25(32)15-19/h6-9,14,17,19H,10-13,15H2,1-5H3,(H,28,33). The Morgan fingerprint density at radius 3 is 2.68 bits per heavy atom. The number of aryl methyl sites for hydroxylation is 1. The van der Waals surface area contributed by atoms with Gasteiger partial charge in [0.15, 0.2) is 5.78 Å². The largest absolute Gasteiger partial charge is 0.496 e. The van der Waals surface area contributed by atoms with Crippen molar-refractivity contribution in [2.45, 2.75) is 52.5 Å². The van der Waals surface area contributed by atoms with Gasteiger partial charge in [0.05, 0.1) is 12.7 Å². The summed E-state index contributed by atoms with van der Waals surface area (Å²) in [5, 5.41) is 0.917. The van der Waals surface area contributed by atoms with E-state index in [0.717, 1.165) is 35.3 Å². The van der Waals surface area contributed by atoms with Gasteiger partial charge in [0.1, 0.15) is 5.75 Å². The van der Waals surface area contributed by atoms with Gasteiger partial charge in [-0.25, -0.2) is 0 Å². The third-order valence-electron chi connectivity index (χ3n) is 7.27. The number of pyridine rings is 1. The molecule has 0 aliphatic carbocycles. The van der Waals surface area contributed by atoms with Crippen molar-refractivity contribution in [3.63, 3.8) is 0 Å². The maximum absolute atomic E-state index is 13.5. The summed E-state index contributed by atoms with van der Waals surface area (Å²) in [6.07, 6.45) is 1.96. The average Bonchev–Trinajstić information content (AvgIpc) is 3.10. The van der Waals surface area contributed by atoms with Gasteiger partial charge in [-0.1, -0.05) is 18.2 Å². The molecule has 0 saturated carbocycles. The molecule has 0 spiro atoms. The molecule has 34 heavy (non-hydrogen) atoms.